The molecule has 0 heterocycles. The lowest BCUT2D eigenvalue weighted by molar-refractivity contribution is -0.245. The van der Waals surface area contributed by atoms with E-state index in [0.717, 1.165) is 0 Å². The van der Waals surface area contributed by atoms with Crippen LogP contribution in [0.3, 0.4) is 0 Å². The van der Waals surface area contributed by atoms with Gasteiger partial charge in [0.2, 0.25) is 0 Å². The van der Waals surface area contributed by atoms with Crippen LogP contribution in [0.4, 0.5) is 0 Å². The molecule has 0 rings (SSSR count). The molecule has 6 heteroatoms. The van der Waals surface area contributed by atoms with Crippen molar-refractivity contribution < 1.29 is 29.9 Å². The van der Waals surface area contributed by atoms with E-state index in [9.17, 15) is 9.59 Å². The predicted octanol–water partition coefficient (Wildman–Crippen LogP) is 0.601. The van der Waals surface area contributed by atoms with Gasteiger partial charge in [0.1, 0.15) is 0 Å². The fraction of sp³-hybridized carbons (Fsp3) is 0.429. The third-order valence-electron chi connectivity index (χ3n) is 1.39. The van der Waals surface area contributed by atoms with E-state index in [4.69, 9.17) is 10.5 Å². The number of hydrogen-bond acceptors (Lipinski definition) is 6. The second-order valence-electron chi connectivity index (χ2n) is 2.30. The Morgan fingerprint density at radius 1 is 1.38 bits per heavy atom. The summed E-state index contributed by atoms with van der Waals surface area (Å²) in [6, 6.07) is 0. The summed E-state index contributed by atoms with van der Waals surface area (Å²) >= 11 is 0. The van der Waals surface area contributed by atoms with E-state index in [1.54, 1.807) is 0 Å². The zero-order valence-corrected chi connectivity index (χ0v) is 6.80. The number of rotatable bonds is 5. The van der Waals surface area contributed by atoms with E-state index >= 15 is 0 Å². The molecule has 74 valence electrons. The average molecular weight is 190 g/mol. The van der Waals surface area contributed by atoms with Crippen LogP contribution in [-0.4, -0.2) is 22.5 Å². The van der Waals surface area contributed by atoms with Crippen molar-refractivity contribution in [2.45, 2.75) is 12.8 Å². The summed E-state index contributed by atoms with van der Waals surface area (Å²) in [6.07, 6.45) is 1.16. The van der Waals surface area contributed by atoms with Gasteiger partial charge in [-0.2, -0.15) is 10.5 Å². The van der Waals surface area contributed by atoms with Gasteiger partial charge in [0.05, 0.1) is 12.3 Å². The van der Waals surface area contributed by atoms with Gasteiger partial charge in [0.25, 0.3) is 0 Å². The predicted molar refractivity (Wildman–Crippen MR) is 40.4 cm³/mol. The minimum absolute atomic E-state index is 0.147. The molecule has 2 N–H and O–H groups in total. The van der Waals surface area contributed by atoms with Crippen molar-refractivity contribution in [3.05, 3.63) is 12.7 Å². The normalized spacial score (nSPS) is 11.5. The maximum atomic E-state index is 10.7. The van der Waals surface area contributed by atoms with Gasteiger partial charge in [-0.1, -0.05) is 6.08 Å². The SMILES string of the molecule is C=CCC(CC(=O)OO)C(=O)OO. The monoisotopic (exact) mass is 190 g/mol. The maximum Gasteiger partial charge on any atom is 0.346 e. The van der Waals surface area contributed by atoms with Crippen molar-refractivity contribution >= 4 is 11.9 Å². The molecule has 0 aliphatic heterocycles. The summed E-state index contributed by atoms with van der Waals surface area (Å²) in [6.45, 7) is 3.35. The van der Waals surface area contributed by atoms with Crippen LogP contribution in [0.25, 0.3) is 0 Å². The van der Waals surface area contributed by atoms with Gasteiger partial charge in [-0.25, -0.2) is 9.59 Å². The Balaban J connectivity index is 4.16. The van der Waals surface area contributed by atoms with Crippen molar-refractivity contribution in [1.29, 1.82) is 0 Å². The lowest BCUT2D eigenvalue weighted by Gasteiger charge is -2.07. The molecular formula is C7H10O6. The number of carbonyl (C=O) groups excluding carboxylic acids is 2. The van der Waals surface area contributed by atoms with Crippen LogP contribution >= 0.6 is 0 Å². The highest BCUT2D eigenvalue weighted by atomic mass is 17.1. The fourth-order valence-corrected chi connectivity index (χ4v) is 0.777. The van der Waals surface area contributed by atoms with Gasteiger partial charge in [0.15, 0.2) is 0 Å². The van der Waals surface area contributed by atoms with E-state index in [0.29, 0.717) is 0 Å². The first kappa shape index (κ1) is 11.6. The van der Waals surface area contributed by atoms with Crippen LogP contribution in [0.2, 0.25) is 0 Å². The van der Waals surface area contributed by atoms with Crippen LogP contribution in [0.5, 0.6) is 0 Å². The van der Waals surface area contributed by atoms with E-state index in [-0.39, 0.29) is 12.8 Å². The number of allylic oxidation sites excluding steroid dienone is 1. The van der Waals surface area contributed by atoms with Crippen LogP contribution in [0.15, 0.2) is 12.7 Å². The van der Waals surface area contributed by atoms with Gasteiger partial charge in [-0.05, 0) is 6.42 Å². The zero-order valence-electron chi connectivity index (χ0n) is 6.80. The van der Waals surface area contributed by atoms with Gasteiger partial charge in [0, 0.05) is 0 Å². The largest absolute Gasteiger partial charge is 0.346 e. The van der Waals surface area contributed by atoms with Crippen molar-refractivity contribution in [1.82, 2.24) is 0 Å². The highest BCUT2D eigenvalue weighted by Gasteiger charge is 2.23. The molecule has 1 unspecified atom stereocenters. The molecule has 0 saturated heterocycles. The summed E-state index contributed by atoms with van der Waals surface area (Å²) in [7, 11) is 0. The third-order valence-corrected chi connectivity index (χ3v) is 1.39. The molecule has 13 heavy (non-hydrogen) atoms. The molecule has 0 aliphatic rings. The summed E-state index contributed by atoms with van der Waals surface area (Å²) in [4.78, 5) is 28.1. The molecule has 0 fully saturated rings. The molecule has 6 nitrogen and oxygen atoms in total. The summed E-state index contributed by atoms with van der Waals surface area (Å²) in [5.41, 5.74) is 0. The van der Waals surface area contributed by atoms with Crippen LogP contribution < -0.4 is 0 Å². The Hall–Kier alpha value is -1.40. The topological polar surface area (TPSA) is 93.1 Å². The van der Waals surface area contributed by atoms with Crippen LogP contribution in [-0.2, 0) is 19.4 Å². The van der Waals surface area contributed by atoms with Crippen LogP contribution in [0, 0.1) is 5.92 Å². The lowest BCUT2D eigenvalue weighted by atomic mass is 10.0. The van der Waals surface area contributed by atoms with Crippen LogP contribution in [0.1, 0.15) is 12.8 Å². The number of hydrogen-bond donors (Lipinski definition) is 2. The molecule has 0 saturated carbocycles. The molecule has 0 aromatic heterocycles. The van der Waals surface area contributed by atoms with Gasteiger partial charge < -0.3 is 9.78 Å². The lowest BCUT2D eigenvalue weighted by Crippen LogP contribution is -2.20. The number of carbonyl (C=O) groups is 2. The summed E-state index contributed by atoms with van der Waals surface area (Å²) in [5, 5.41) is 15.9. The van der Waals surface area contributed by atoms with Crippen molar-refractivity contribution in [3.63, 3.8) is 0 Å². The first-order valence-corrected chi connectivity index (χ1v) is 3.46. The maximum absolute atomic E-state index is 10.7. The Labute approximate surface area is 74.2 Å². The van der Waals surface area contributed by atoms with E-state index < -0.39 is 17.9 Å². The molecule has 0 amide bonds. The fourth-order valence-electron chi connectivity index (χ4n) is 0.777. The van der Waals surface area contributed by atoms with Crippen molar-refractivity contribution in [2.24, 2.45) is 5.92 Å². The second-order valence-corrected chi connectivity index (χ2v) is 2.30. The third kappa shape index (κ3) is 4.24. The summed E-state index contributed by atoms with van der Waals surface area (Å²) in [5.74, 6) is -2.83. The quantitative estimate of drug-likeness (QED) is 0.374. The molecule has 0 aromatic rings. The van der Waals surface area contributed by atoms with E-state index in [2.05, 4.69) is 16.4 Å². The highest BCUT2D eigenvalue weighted by molar-refractivity contribution is 5.79. The molecule has 0 aliphatic carbocycles. The Morgan fingerprint density at radius 3 is 2.38 bits per heavy atom. The van der Waals surface area contributed by atoms with Gasteiger partial charge in [-0.15, -0.1) is 6.58 Å². The first-order chi connectivity index (χ1) is 6.15. The van der Waals surface area contributed by atoms with Crippen molar-refractivity contribution in [2.75, 3.05) is 0 Å². The smallest absolute Gasteiger partial charge is 0.301 e. The highest BCUT2D eigenvalue weighted by Crippen LogP contribution is 2.11. The average Bonchev–Trinajstić information content (AvgIpc) is 2.15. The van der Waals surface area contributed by atoms with E-state index in [1.807, 2.05) is 0 Å². The van der Waals surface area contributed by atoms with Gasteiger partial charge >= 0.3 is 11.9 Å². The molecule has 0 aromatic carbocycles. The van der Waals surface area contributed by atoms with Crippen molar-refractivity contribution in [3.8, 4) is 0 Å². The minimum Gasteiger partial charge on any atom is -0.301 e. The molecule has 0 spiro atoms. The molecular weight excluding hydrogens is 180 g/mol. The van der Waals surface area contributed by atoms with Gasteiger partial charge in [-0.3, -0.25) is 0 Å². The summed E-state index contributed by atoms with van der Waals surface area (Å²) < 4.78 is 0. The second kappa shape index (κ2) is 6.15. The minimum atomic E-state index is -0.975. The zero-order chi connectivity index (χ0) is 10.3. The molecule has 0 bridgehead atoms. The molecule has 0 radical (unpaired) electrons. The Bertz CT molecular complexity index is 199. The Kier molecular flexibility index (Phi) is 5.49. The van der Waals surface area contributed by atoms with E-state index in [1.165, 1.54) is 6.08 Å². The Morgan fingerprint density at radius 2 is 2.00 bits per heavy atom. The first-order valence-electron chi connectivity index (χ1n) is 3.46. The standard InChI is InChI=1S/C7H10O6/c1-2-3-5(7(9)13-11)4-6(8)12-10/h2,5,10-11H,1,3-4H2. The molecule has 1 atom stereocenters.